The van der Waals surface area contributed by atoms with E-state index in [1.165, 1.54) is 13.8 Å². The van der Waals surface area contributed by atoms with Crippen molar-refractivity contribution in [1.82, 2.24) is 0 Å². The van der Waals surface area contributed by atoms with Crippen LogP contribution >= 0.6 is 0 Å². The Morgan fingerprint density at radius 2 is 1.79 bits per heavy atom. The van der Waals surface area contributed by atoms with E-state index >= 15 is 0 Å². The van der Waals surface area contributed by atoms with Gasteiger partial charge < -0.3 is 9.47 Å². The number of carbonyl (C=O) groups is 2. The molecule has 4 heteroatoms. The van der Waals surface area contributed by atoms with Crippen LogP contribution < -0.4 is 0 Å². The molecule has 0 aromatic heterocycles. The standard InChI is InChI=1S/C15H16O4/c1-11(2)14(16)18-9-12(3)15(17)19-10-13-7-5-4-6-8-13/h4-9H,1,10H2,2-3H3/b12-9+. The van der Waals surface area contributed by atoms with Crippen LogP contribution in [0.5, 0.6) is 0 Å². The highest BCUT2D eigenvalue weighted by Gasteiger charge is 2.08. The monoisotopic (exact) mass is 260 g/mol. The van der Waals surface area contributed by atoms with Gasteiger partial charge in [0.1, 0.15) is 12.9 Å². The van der Waals surface area contributed by atoms with Gasteiger partial charge in [0.25, 0.3) is 0 Å². The summed E-state index contributed by atoms with van der Waals surface area (Å²) in [6, 6.07) is 9.31. The third-order valence-electron chi connectivity index (χ3n) is 2.23. The van der Waals surface area contributed by atoms with Crippen LogP contribution in [0, 0.1) is 0 Å². The SMILES string of the molecule is C=C(C)C(=O)O/C=C(\C)C(=O)OCc1ccccc1. The summed E-state index contributed by atoms with van der Waals surface area (Å²) in [7, 11) is 0. The lowest BCUT2D eigenvalue weighted by atomic mass is 10.2. The summed E-state index contributed by atoms with van der Waals surface area (Å²) in [5.41, 5.74) is 1.37. The molecule has 1 aromatic carbocycles. The summed E-state index contributed by atoms with van der Waals surface area (Å²) in [5.74, 6) is -1.10. The number of carbonyl (C=O) groups excluding carboxylic acids is 2. The van der Waals surface area contributed by atoms with Crippen molar-refractivity contribution in [1.29, 1.82) is 0 Å². The third-order valence-corrected chi connectivity index (χ3v) is 2.23. The quantitative estimate of drug-likeness (QED) is 0.464. The van der Waals surface area contributed by atoms with E-state index in [4.69, 9.17) is 9.47 Å². The van der Waals surface area contributed by atoms with Crippen molar-refractivity contribution in [3.05, 3.63) is 59.9 Å². The van der Waals surface area contributed by atoms with E-state index < -0.39 is 11.9 Å². The molecule has 0 heterocycles. The molecular weight excluding hydrogens is 244 g/mol. The Kier molecular flexibility index (Phi) is 5.54. The number of ether oxygens (including phenoxy) is 2. The van der Waals surface area contributed by atoms with Crippen LogP contribution in [0.1, 0.15) is 19.4 Å². The van der Waals surface area contributed by atoms with Crippen molar-refractivity contribution in [3.63, 3.8) is 0 Å². The summed E-state index contributed by atoms with van der Waals surface area (Å²) in [6.45, 7) is 6.65. The van der Waals surface area contributed by atoms with Gasteiger partial charge in [-0.2, -0.15) is 0 Å². The molecule has 0 fully saturated rings. The molecule has 0 atom stereocenters. The highest BCUT2D eigenvalue weighted by atomic mass is 16.5. The van der Waals surface area contributed by atoms with E-state index in [2.05, 4.69) is 6.58 Å². The van der Waals surface area contributed by atoms with Gasteiger partial charge in [-0.05, 0) is 19.4 Å². The molecule has 0 saturated carbocycles. The van der Waals surface area contributed by atoms with Gasteiger partial charge in [0, 0.05) is 5.57 Å². The van der Waals surface area contributed by atoms with Crippen molar-refractivity contribution < 1.29 is 19.1 Å². The van der Waals surface area contributed by atoms with Crippen molar-refractivity contribution in [3.8, 4) is 0 Å². The molecule has 4 nitrogen and oxygen atoms in total. The number of rotatable bonds is 5. The minimum atomic E-state index is -0.574. The zero-order valence-electron chi connectivity index (χ0n) is 11.0. The van der Waals surface area contributed by atoms with E-state index in [0.29, 0.717) is 0 Å². The average Bonchev–Trinajstić information content (AvgIpc) is 2.42. The number of hydrogen-bond donors (Lipinski definition) is 0. The molecular formula is C15H16O4. The largest absolute Gasteiger partial charge is 0.457 e. The van der Waals surface area contributed by atoms with Crippen LogP contribution in [-0.4, -0.2) is 11.9 Å². The molecule has 0 aliphatic heterocycles. The normalized spacial score (nSPS) is 10.7. The second kappa shape index (κ2) is 7.16. The number of hydrogen-bond acceptors (Lipinski definition) is 4. The van der Waals surface area contributed by atoms with Gasteiger partial charge in [0.05, 0.1) is 5.57 Å². The fourth-order valence-corrected chi connectivity index (χ4v) is 1.13. The molecule has 0 radical (unpaired) electrons. The van der Waals surface area contributed by atoms with Crippen LogP contribution in [0.3, 0.4) is 0 Å². The molecule has 100 valence electrons. The van der Waals surface area contributed by atoms with Crippen molar-refractivity contribution in [2.45, 2.75) is 20.5 Å². The Morgan fingerprint density at radius 3 is 2.37 bits per heavy atom. The summed E-state index contributed by atoms with van der Waals surface area (Å²) in [5, 5.41) is 0. The van der Waals surface area contributed by atoms with Gasteiger partial charge in [0.2, 0.25) is 0 Å². The molecule has 1 aromatic rings. The maximum atomic E-state index is 11.6. The first-order chi connectivity index (χ1) is 9.00. The van der Waals surface area contributed by atoms with Gasteiger partial charge in [0.15, 0.2) is 0 Å². The summed E-state index contributed by atoms with van der Waals surface area (Å²) < 4.78 is 9.80. The number of benzene rings is 1. The first-order valence-electron chi connectivity index (χ1n) is 5.75. The number of esters is 2. The van der Waals surface area contributed by atoms with Gasteiger partial charge in [-0.1, -0.05) is 36.9 Å². The van der Waals surface area contributed by atoms with E-state index in [1.807, 2.05) is 30.3 Å². The summed E-state index contributed by atoms with van der Waals surface area (Å²) in [4.78, 5) is 22.7. The molecule has 0 aliphatic rings. The maximum Gasteiger partial charge on any atom is 0.337 e. The van der Waals surface area contributed by atoms with Crippen LogP contribution in [0.25, 0.3) is 0 Å². The van der Waals surface area contributed by atoms with Crippen LogP contribution in [-0.2, 0) is 25.7 Å². The Bertz CT molecular complexity index is 500. The minimum absolute atomic E-state index is 0.180. The molecule has 0 N–H and O–H groups in total. The van der Waals surface area contributed by atoms with Gasteiger partial charge in [-0.15, -0.1) is 0 Å². The first kappa shape index (κ1) is 14.7. The Balaban J connectivity index is 2.47. The summed E-state index contributed by atoms with van der Waals surface area (Å²) >= 11 is 0. The van der Waals surface area contributed by atoms with E-state index in [0.717, 1.165) is 11.8 Å². The highest BCUT2D eigenvalue weighted by Crippen LogP contribution is 2.05. The molecule has 0 unspecified atom stereocenters. The van der Waals surface area contributed by atoms with Gasteiger partial charge in [-0.3, -0.25) is 0 Å². The molecule has 0 amide bonds. The topological polar surface area (TPSA) is 52.6 Å². The zero-order valence-corrected chi connectivity index (χ0v) is 11.0. The van der Waals surface area contributed by atoms with Crippen LogP contribution in [0.4, 0.5) is 0 Å². The van der Waals surface area contributed by atoms with Crippen LogP contribution in [0.2, 0.25) is 0 Å². The maximum absolute atomic E-state index is 11.6. The Morgan fingerprint density at radius 1 is 1.16 bits per heavy atom. The molecule has 0 saturated heterocycles. The fraction of sp³-hybridized carbons (Fsp3) is 0.200. The third kappa shape index (κ3) is 5.21. The molecule has 1 rings (SSSR count). The van der Waals surface area contributed by atoms with E-state index in [-0.39, 0.29) is 17.8 Å². The summed E-state index contributed by atoms with van der Waals surface area (Å²) in [6.07, 6.45) is 1.07. The average molecular weight is 260 g/mol. The fourth-order valence-electron chi connectivity index (χ4n) is 1.13. The second-order valence-corrected chi connectivity index (χ2v) is 4.05. The molecule has 0 bridgehead atoms. The molecule has 19 heavy (non-hydrogen) atoms. The van der Waals surface area contributed by atoms with Crippen molar-refractivity contribution >= 4 is 11.9 Å². The smallest absolute Gasteiger partial charge is 0.337 e. The predicted molar refractivity (Wildman–Crippen MR) is 70.9 cm³/mol. The van der Waals surface area contributed by atoms with Gasteiger partial charge in [-0.25, -0.2) is 9.59 Å². The first-order valence-corrected chi connectivity index (χ1v) is 5.75. The molecule has 0 spiro atoms. The van der Waals surface area contributed by atoms with E-state index in [1.54, 1.807) is 0 Å². The Labute approximate surface area is 112 Å². The zero-order chi connectivity index (χ0) is 14.3. The lowest BCUT2D eigenvalue weighted by Crippen LogP contribution is -2.08. The molecule has 0 aliphatic carbocycles. The minimum Gasteiger partial charge on any atom is -0.457 e. The van der Waals surface area contributed by atoms with Gasteiger partial charge >= 0.3 is 11.9 Å². The van der Waals surface area contributed by atoms with Crippen molar-refractivity contribution in [2.24, 2.45) is 0 Å². The second-order valence-electron chi connectivity index (χ2n) is 4.05. The predicted octanol–water partition coefficient (Wildman–Crippen LogP) is 2.75. The highest BCUT2D eigenvalue weighted by molar-refractivity contribution is 5.90. The van der Waals surface area contributed by atoms with E-state index in [9.17, 15) is 9.59 Å². The lowest BCUT2D eigenvalue weighted by Gasteiger charge is -2.05. The van der Waals surface area contributed by atoms with Crippen LogP contribution in [0.15, 0.2) is 54.3 Å². The Hall–Kier alpha value is -2.36. The lowest BCUT2D eigenvalue weighted by molar-refractivity contribution is -0.140. The van der Waals surface area contributed by atoms with Crippen molar-refractivity contribution in [2.75, 3.05) is 0 Å².